The Kier molecular flexibility index (Phi) is 4.78. The standard InChI is InChI=1S/C15H22ClNO3/c1-3-15(2,9-17)14(18)10-7-11(16)13-12(8-10)19-5-4-6-20-13/h7-8,14,18H,3-6,9,17H2,1-2H3. The summed E-state index contributed by atoms with van der Waals surface area (Å²) >= 11 is 6.25. The SMILES string of the molecule is CCC(C)(CN)C(O)c1cc(Cl)c2c(c1)OCCCO2. The monoisotopic (exact) mass is 299 g/mol. The van der Waals surface area contributed by atoms with E-state index in [9.17, 15) is 5.11 Å². The van der Waals surface area contributed by atoms with Gasteiger partial charge in [-0.05, 0) is 24.1 Å². The minimum Gasteiger partial charge on any atom is -0.489 e. The maximum absolute atomic E-state index is 10.6. The highest BCUT2D eigenvalue weighted by Gasteiger charge is 2.32. The van der Waals surface area contributed by atoms with E-state index in [1.54, 1.807) is 12.1 Å². The predicted octanol–water partition coefficient (Wildman–Crippen LogP) is 2.91. The van der Waals surface area contributed by atoms with Gasteiger partial charge in [-0.3, -0.25) is 0 Å². The molecule has 5 heteroatoms. The van der Waals surface area contributed by atoms with Gasteiger partial charge in [0.1, 0.15) is 0 Å². The largest absolute Gasteiger partial charge is 0.489 e. The summed E-state index contributed by atoms with van der Waals surface area (Å²) in [7, 11) is 0. The highest BCUT2D eigenvalue weighted by atomic mass is 35.5. The van der Waals surface area contributed by atoms with Gasteiger partial charge in [0.25, 0.3) is 0 Å². The molecule has 0 saturated heterocycles. The Morgan fingerprint density at radius 2 is 2.10 bits per heavy atom. The number of aliphatic hydroxyl groups is 1. The molecule has 0 aliphatic carbocycles. The summed E-state index contributed by atoms with van der Waals surface area (Å²) < 4.78 is 11.2. The quantitative estimate of drug-likeness (QED) is 0.897. The van der Waals surface area contributed by atoms with Crippen LogP contribution < -0.4 is 15.2 Å². The number of nitrogens with two attached hydrogens (primary N) is 1. The highest BCUT2D eigenvalue weighted by molar-refractivity contribution is 6.32. The van der Waals surface area contributed by atoms with Crippen molar-refractivity contribution in [3.8, 4) is 11.5 Å². The van der Waals surface area contributed by atoms with Crippen molar-refractivity contribution in [2.75, 3.05) is 19.8 Å². The molecule has 4 nitrogen and oxygen atoms in total. The van der Waals surface area contributed by atoms with Crippen LogP contribution in [0.25, 0.3) is 0 Å². The van der Waals surface area contributed by atoms with Gasteiger partial charge in [0, 0.05) is 18.4 Å². The van der Waals surface area contributed by atoms with Gasteiger partial charge in [0.05, 0.1) is 24.3 Å². The third kappa shape index (κ3) is 2.87. The van der Waals surface area contributed by atoms with Crippen molar-refractivity contribution in [2.45, 2.75) is 32.8 Å². The van der Waals surface area contributed by atoms with Crippen LogP contribution in [-0.4, -0.2) is 24.9 Å². The number of halogens is 1. The molecule has 1 aromatic rings. The number of hydrogen-bond acceptors (Lipinski definition) is 4. The van der Waals surface area contributed by atoms with Crippen LogP contribution in [0.3, 0.4) is 0 Å². The average Bonchev–Trinajstić information content (AvgIpc) is 2.71. The molecule has 2 unspecified atom stereocenters. The molecule has 1 aliphatic heterocycles. The molecule has 0 aromatic heterocycles. The van der Waals surface area contributed by atoms with Crippen molar-refractivity contribution in [3.05, 3.63) is 22.7 Å². The summed E-state index contributed by atoms with van der Waals surface area (Å²) in [6.45, 7) is 5.56. The molecule has 0 bridgehead atoms. The summed E-state index contributed by atoms with van der Waals surface area (Å²) in [5, 5.41) is 11.1. The summed E-state index contributed by atoms with van der Waals surface area (Å²) in [6.07, 6.45) is 0.905. The third-order valence-electron chi connectivity index (χ3n) is 4.07. The lowest BCUT2D eigenvalue weighted by Crippen LogP contribution is -2.33. The third-order valence-corrected chi connectivity index (χ3v) is 4.36. The van der Waals surface area contributed by atoms with E-state index in [1.165, 1.54) is 0 Å². The fourth-order valence-electron chi connectivity index (χ4n) is 2.26. The molecule has 20 heavy (non-hydrogen) atoms. The van der Waals surface area contributed by atoms with Gasteiger partial charge >= 0.3 is 0 Å². The molecule has 3 N–H and O–H groups in total. The fraction of sp³-hybridized carbons (Fsp3) is 0.600. The number of ether oxygens (including phenoxy) is 2. The van der Waals surface area contributed by atoms with Gasteiger partial charge in [-0.15, -0.1) is 0 Å². The van der Waals surface area contributed by atoms with Crippen LogP contribution in [0.15, 0.2) is 12.1 Å². The van der Waals surface area contributed by atoms with Crippen LogP contribution in [0.5, 0.6) is 11.5 Å². The maximum atomic E-state index is 10.6. The van der Waals surface area contributed by atoms with Gasteiger partial charge in [0.15, 0.2) is 11.5 Å². The van der Waals surface area contributed by atoms with Gasteiger partial charge in [-0.25, -0.2) is 0 Å². The lowest BCUT2D eigenvalue weighted by Gasteiger charge is -2.32. The molecule has 0 spiro atoms. The Morgan fingerprint density at radius 1 is 1.40 bits per heavy atom. The lowest BCUT2D eigenvalue weighted by molar-refractivity contribution is 0.0389. The second kappa shape index (κ2) is 6.20. The molecule has 1 aliphatic rings. The molecule has 0 fully saturated rings. The molecule has 0 amide bonds. The predicted molar refractivity (Wildman–Crippen MR) is 79.5 cm³/mol. The Bertz CT molecular complexity index is 474. The van der Waals surface area contributed by atoms with Crippen molar-refractivity contribution >= 4 is 11.6 Å². The first-order chi connectivity index (χ1) is 9.51. The van der Waals surface area contributed by atoms with Crippen LogP contribution in [0.4, 0.5) is 0 Å². The number of benzene rings is 1. The lowest BCUT2D eigenvalue weighted by atomic mass is 9.78. The van der Waals surface area contributed by atoms with Crippen LogP contribution in [0.1, 0.15) is 38.4 Å². The van der Waals surface area contributed by atoms with Crippen molar-refractivity contribution in [3.63, 3.8) is 0 Å². The molecular weight excluding hydrogens is 278 g/mol. The van der Waals surface area contributed by atoms with Gasteiger partial charge in [0.2, 0.25) is 0 Å². The molecule has 1 aromatic carbocycles. The molecule has 0 radical (unpaired) electrons. The van der Waals surface area contributed by atoms with Crippen molar-refractivity contribution < 1.29 is 14.6 Å². The number of aliphatic hydroxyl groups excluding tert-OH is 1. The Morgan fingerprint density at radius 3 is 2.75 bits per heavy atom. The fourth-order valence-corrected chi connectivity index (χ4v) is 2.53. The van der Waals surface area contributed by atoms with E-state index in [4.69, 9.17) is 26.8 Å². The van der Waals surface area contributed by atoms with E-state index in [2.05, 4.69) is 0 Å². The molecule has 1 heterocycles. The first-order valence-electron chi connectivity index (χ1n) is 6.99. The smallest absolute Gasteiger partial charge is 0.179 e. The maximum Gasteiger partial charge on any atom is 0.179 e. The summed E-state index contributed by atoms with van der Waals surface area (Å²) in [5.74, 6) is 1.16. The summed E-state index contributed by atoms with van der Waals surface area (Å²) in [4.78, 5) is 0. The first kappa shape index (κ1) is 15.4. The van der Waals surface area contributed by atoms with Gasteiger partial charge < -0.3 is 20.3 Å². The van der Waals surface area contributed by atoms with E-state index in [-0.39, 0.29) is 5.41 Å². The molecular formula is C15H22ClNO3. The van der Waals surface area contributed by atoms with E-state index in [1.807, 2.05) is 13.8 Å². The number of fused-ring (bicyclic) bond motifs is 1. The Balaban J connectivity index is 2.38. The summed E-state index contributed by atoms with van der Waals surface area (Å²) in [6, 6.07) is 3.55. The van der Waals surface area contributed by atoms with E-state index in [0.29, 0.717) is 41.8 Å². The van der Waals surface area contributed by atoms with E-state index in [0.717, 1.165) is 12.8 Å². The number of hydrogen-bond donors (Lipinski definition) is 2. The van der Waals surface area contributed by atoms with Crippen LogP contribution in [-0.2, 0) is 0 Å². The van der Waals surface area contributed by atoms with Crippen molar-refractivity contribution in [1.29, 1.82) is 0 Å². The Hall–Kier alpha value is -0.970. The highest BCUT2D eigenvalue weighted by Crippen LogP contribution is 2.43. The van der Waals surface area contributed by atoms with Crippen LogP contribution >= 0.6 is 11.6 Å². The molecule has 2 atom stereocenters. The minimum atomic E-state index is -0.688. The minimum absolute atomic E-state index is 0.386. The van der Waals surface area contributed by atoms with E-state index < -0.39 is 6.10 Å². The molecule has 112 valence electrons. The second-order valence-electron chi connectivity index (χ2n) is 5.49. The zero-order chi connectivity index (χ0) is 14.8. The molecule has 0 saturated carbocycles. The van der Waals surface area contributed by atoms with Crippen molar-refractivity contribution in [2.24, 2.45) is 11.1 Å². The summed E-state index contributed by atoms with van der Waals surface area (Å²) in [5.41, 5.74) is 6.14. The zero-order valence-corrected chi connectivity index (χ0v) is 12.7. The second-order valence-corrected chi connectivity index (χ2v) is 5.90. The van der Waals surface area contributed by atoms with Gasteiger partial charge in [-0.2, -0.15) is 0 Å². The van der Waals surface area contributed by atoms with Crippen molar-refractivity contribution in [1.82, 2.24) is 0 Å². The van der Waals surface area contributed by atoms with Gasteiger partial charge in [-0.1, -0.05) is 25.4 Å². The van der Waals surface area contributed by atoms with Crippen LogP contribution in [0, 0.1) is 5.41 Å². The Labute approximate surface area is 124 Å². The average molecular weight is 300 g/mol. The zero-order valence-electron chi connectivity index (χ0n) is 12.0. The van der Waals surface area contributed by atoms with Crippen LogP contribution in [0.2, 0.25) is 5.02 Å². The first-order valence-corrected chi connectivity index (χ1v) is 7.37. The number of rotatable bonds is 4. The van der Waals surface area contributed by atoms with E-state index >= 15 is 0 Å². The topological polar surface area (TPSA) is 64.7 Å². The molecule has 2 rings (SSSR count). The normalized spacial score (nSPS) is 19.1.